The van der Waals surface area contributed by atoms with Crippen LogP contribution in [0, 0.1) is 12.8 Å². The molecular weight excluding hydrogens is 180 g/mol. The normalized spacial score (nSPS) is 20.1. The van der Waals surface area contributed by atoms with Crippen molar-refractivity contribution in [1.29, 1.82) is 0 Å². The van der Waals surface area contributed by atoms with Gasteiger partial charge in [0.05, 0.1) is 0 Å². The van der Waals surface area contributed by atoms with Crippen molar-refractivity contribution >= 4 is 23.1 Å². The van der Waals surface area contributed by atoms with E-state index >= 15 is 0 Å². The topological polar surface area (TPSA) is 0 Å². The van der Waals surface area contributed by atoms with Crippen molar-refractivity contribution in [3.05, 3.63) is 42.9 Å². The Labute approximate surface area is 97.4 Å². The number of halogens is 1. The molecular formula is C10H13ClMg. The van der Waals surface area contributed by atoms with E-state index in [0.29, 0.717) is 5.92 Å². The second-order valence-corrected chi connectivity index (χ2v) is 2.81. The Bertz CT molecular complexity index is 204. The molecule has 2 heteroatoms. The molecule has 0 aromatic rings. The van der Waals surface area contributed by atoms with E-state index in [9.17, 15) is 0 Å². The molecule has 0 saturated carbocycles. The predicted molar refractivity (Wildman–Crippen MR) is 51.3 cm³/mol. The number of hydrogen-bond donors (Lipinski definition) is 0. The molecule has 0 unspecified atom stereocenters. The Balaban J connectivity index is 0. The summed E-state index contributed by atoms with van der Waals surface area (Å²) in [6, 6.07) is 0. The molecule has 1 atom stereocenters. The van der Waals surface area contributed by atoms with Crippen molar-refractivity contribution in [2.24, 2.45) is 5.92 Å². The quantitative estimate of drug-likeness (QED) is 0.389. The van der Waals surface area contributed by atoms with Gasteiger partial charge < -0.3 is 12.4 Å². The van der Waals surface area contributed by atoms with E-state index in [1.165, 1.54) is 5.57 Å². The van der Waals surface area contributed by atoms with Crippen molar-refractivity contribution in [2.45, 2.75) is 13.3 Å². The van der Waals surface area contributed by atoms with Crippen LogP contribution in [0.5, 0.6) is 0 Å². The first-order valence-electron chi connectivity index (χ1n) is 3.56. The maximum atomic E-state index is 3.81. The first kappa shape index (κ1) is 14.7. The monoisotopic (exact) mass is 192 g/mol. The van der Waals surface area contributed by atoms with Gasteiger partial charge in [-0.2, -0.15) is 0 Å². The van der Waals surface area contributed by atoms with Crippen LogP contribution in [0.3, 0.4) is 0 Å². The summed E-state index contributed by atoms with van der Waals surface area (Å²) in [5.74, 6) is 0.476. The minimum absolute atomic E-state index is 0. The summed E-state index contributed by atoms with van der Waals surface area (Å²) in [4.78, 5) is 0. The molecule has 0 radical (unpaired) electrons. The number of allylic oxidation sites excluding steroid dienone is 5. The second kappa shape index (κ2) is 6.64. The van der Waals surface area contributed by atoms with Gasteiger partial charge >= 0.3 is 23.1 Å². The van der Waals surface area contributed by atoms with E-state index in [-0.39, 0.29) is 35.5 Å². The van der Waals surface area contributed by atoms with Crippen LogP contribution in [-0.4, -0.2) is 23.1 Å². The second-order valence-electron chi connectivity index (χ2n) is 2.81. The van der Waals surface area contributed by atoms with Crippen LogP contribution in [0.4, 0.5) is 0 Å². The smallest absolute Gasteiger partial charge is 1.00 e. The van der Waals surface area contributed by atoms with Gasteiger partial charge in [0, 0.05) is 0 Å². The molecule has 0 aliphatic heterocycles. The molecule has 0 heterocycles. The summed E-state index contributed by atoms with van der Waals surface area (Å²) in [5.41, 5.74) is 2.36. The summed E-state index contributed by atoms with van der Waals surface area (Å²) in [6.07, 6.45) is 7.60. The van der Waals surface area contributed by atoms with E-state index < -0.39 is 0 Å². The van der Waals surface area contributed by atoms with E-state index in [1.807, 2.05) is 0 Å². The first-order valence-corrected chi connectivity index (χ1v) is 3.56. The van der Waals surface area contributed by atoms with Gasteiger partial charge in [0.2, 0.25) is 0 Å². The van der Waals surface area contributed by atoms with Gasteiger partial charge in [0.25, 0.3) is 0 Å². The molecule has 1 aliphatic carbocycles. The van der Waals surface area contributed by atoms with Gasteiger partial charge in [-0.3, -0.25) is 0 Å². The summed E-state index contributed by atoms with van der Waals surface area (Å²) in [5, 5.41) is 0. The zero-order valence-electron chi connectivity index (χ0n) is 7.52. The molecule has 0 saturated heterocycles. The third kappa shape index (κ3) is 4.24. The van der Waals surface area contributed by atoms with Crippen LogP contribution in [0.15, 0.2) is 36.0 Å². The van der Waals surface area contributed by atoms with Gasteiger partial charge in [0.15, 0.2) is 0 Å². The average molecular weight is 193 g/mol. The molecule has 12 heavy (non-hydrogen) atoms. The average Bonchev–Trinajstić information content (AvgIpc) is 1.88. The Morgan fingerprint density at radius 3 is 2.58 bits per heavy atom. The van der Waals surface area contributed by atoms with Gasteiger partial charge in [-0.05, 0) is 19.3 Å². The van der Waals surface area contributed by atoms with Crippen LogP contribution < -0.4 is 12.4 Å². The molecule has 1 aliphatic rings. The molecule has 0 bridgehead atoms. The maximum absolute atomic E-state index is 3.81. The fraction of sp³-hybridized carbons (Fsp3) is 0.300. The standard InChI is InChI=1S/C10H13.ClH.Mg/c1-8(2)10-6-4-9(3)5-7-10;;/h4-6,10H,1-2,7H2,3H3;1H;/q-1;;+2/p-1/t10-;;/m1../s1. The molecule has 0 amide bonds. The van der Waals surface area contributed by atoms with Crippen LogP contribution >= 0.6 is 0 Å². The molecule has 0 nitrogen and oxygen atoms in total. The van der Waals surface area contributed by atoms with Gasteiger partial charge in [-0.25, -0.2) is 19.1 Å². The molecule has 0 fully saturated rings. The number of rotatable bonds is 1. The zero-order chi connectivity index (χ0) is 7.56. The summed E-state index contributed by atoms with van der Waals surface area (Å²) >= 11 is 0. The molecule has 0 aromatic carbocycles. The van der Waals surface area contributed by atoms with Gasteiger partial charge in [-0.1, -0.05) is 23.8 Å². The van der Waals surface area contributed by atoms with E-state index in [2.05, 4.69) is 38.7 Å². The molecule has 0 spiro atoms. The van der Waals surface area contributed by atoms with Crippen LogP contribution in [0.2, 0.25) is 0 Å². The van der Waals surface area contributed by atoms with Crippen molar-refractivity contribution in [3.63, 3.8) is 0 Å². The maximum Gasteiger partial charge on any atom is 2.00 e. The van der Waals surface area contributed by atoms with E-state index in [4.69, 9.17) is 0 Å². The fourth-order valence-corrected chi connectivity index (χ4v) is 1.03. The van der Waals surface area contributed by atoms with E-state index in [0.717, 1.165) is 12.0 Å². The Kier molecular flexibility index (Phi) is 8.11. The Hall–Kier alpha value is 0.146. The minimum atomic E-state index is 0. The van der Waals surface area contributed by atoms with Crippen molar-refractivity contribution < 1.29 is 12.4 Å². The summed E-state index contributed by atoms with van der Waals surface area (Å²) < 4.78 is 0. The van der Waals surface area contributed by atoms with E-state index in [1.54, 1.807) is 0 Å². The first-order chi connectivity index (χ1) is 4.70. The van der Waals surface area contributed by atoms with Crippen LogP contribution in [0.1, 0.15) is 13.3 Å². The number of hydrogen-bond acceptors (Lipinski definition) is 0. The van der Waals surface area contributed by atoms with Crippen molar-refractivity contribution in [2.75, 3.05) is 0 Å². The SMILES string of the molecule is C=C([CH2-])[C@@H]1C=CC(C)=CC1.[Cl-].[Mg+2]. The summed E-state index contributed by atoms with van der Waals surface area (Å²) in [7, 11) is 0. The molecule has 62 valence electrons. The molecule has 1 rings (SSSR count). The molecule has 0 N–H and O–H groups in total. The van der Waals surface area contributed by atoms with Gasteiger partial charge in [-0.15, -0.1) is 0 Å². The Morgan fingerprint density at radius 2 is 2.25 bits per heavy atom. The van der Waals surface area contributed by atoms with Crippen molar-refractivity contribution in [1.82, 2.24) is 0 Å². The zero-order valence-corrected chi connectivity index (χ0v) is 9.69. The predicted octanol–water partition coefficient (Wildman–Crippen LogP) is -0.478. The Morgan fingerprint density at radius 1 is 1.67 bits per heavy atom. The third-order valence-electron chi connectivity index (χ3n) is 1.81. The van der Waals surface area contributed by atoms with Crippen LogP contribution in [0.25, 0.3) is 0 Å². The van der Waals surface area contributed by atoms with Crippen LogP contribution in [-0.2, 0) is 0 Å². The third-order valence-corrected chi connectivity index (χ3v) is 1.81. The summed E-state index contributed by atoms with van der Waals surface area (Å²) in [6.45, 7) is 9.73. The largest absolute Gasteiger partial charge is 2.00 e. The fourth-order valence-electron chi connectivity index (χ4n) is 1.03. The molecule has 0 aromatic heterocycles. The van der Waals surface area contributed by atoms with Gasteiger partial charge in [0.1, 0.15) is 0 Å². The van der Waals surface area contributed by atoms with Crippen molar-refractivity contribution in [3.8, 4) is 0 Å². The minimum Gasteiger partial charge on any atom is -1.00 e.